The van der Waals surface area contributed by atoms with Crippen LogP contribution in [0.25, 0.3) is 22.2 Å². The number of likely N-dealkylation sites (tertiary alicyclic amines) is 1. The predicted octanol–water partition coefficient (Wildman–Crippen LogP) is 3.09. The van der Waals surface area contributed by atoms with E-state index >= 15 is 0 Å². The third-order valence-corrected chi connectivity index (χ3v) is 8.75. The van der Waals surface area contributed by atoms with Gasteiger partial charge >= 0.3 is 0 Å². The molecule has 6 heterocycles. The number of nitrogens with one attached hydrogen (secondary N) is 2. The summed E-state index contributed by atoms with van der Waals surface area (Å²) < 4.78 is 7.56. The second-order valence-electron chi connectivity index (χ2n) is 11.4. The zero-order valence-corrected chi connectivity index (χ0v) is 27.4. The van der Waals surface area contributed by atoms with Gasteiger partial charge in [0.25, 0.3) is 6.02 Å². The van der Waals surface area contributed by atoms with E-state index in [4.69, 9.17) is 4.74 Å². The van der Waals surface area contributed by atoms with Gasteiger partial charge in [0.05, 0.1) is 24.0 Å². The number of amidine groups is 1. The van der Waals surface area contributed by atoms with E-state index in [-0.39, 0.29) is 41.8 Å². The number of amides is 2. The van der Waals surface area contributed by atoms with Crippen molar-refractivity contribution in [2.24, 2.45) is 10.9 Å². The Kier molecular flexibility index (Phi) is 8.75. The van der Waals surface area contributed by atoms with Crippen LogP contribution in [0.15, 0.2) is 46.4 Å². The van der Waals surface area contributed by atoms with Gasteiger partial charge in [-0.05, 0) is 66.7 Å². The number of aryl methyl sites for hydroxylation is 2. The number of aliphatic imine (C=N–C) groups is 1. The molecular formula is C31H33BrN10O4. The summed E-state index contributed by atoms with van der Waals surface area (Å²) in [6.45, 7) is 8.38. The number of rotatable bonds is 8. The van der Waals surface area contributed by atoms with Gasteiger partial charge in [0.2, 0.25) is 11.8 Å². The Balaban J connectivity index is 1.29. The molecule has 6 rings (SSSR count). The van der Waals surface area contributed by atoms with Crippen LogP contribution < -0.4 is 10.6 Å². The third-order valence-electron chi connectivity index (χ3n) is 8.31. The summed E-state index contributed by atoms with van der Waals surface area (Å²) in [5, 5.41) is 11.2. The Hall–Kier alpha value is -4.79. The van der Waals surface area contributed by atoms with Crippen LogP contribution in [0.5, 0.6) is 0 Å². The van der Waals surface area contributed by atoms with Gasteiger partial charge in [0.15, 0.2) is 5.78 Å². The van der Waals surface area contributed by atoms with Crippen molar-refractivity contribution in [3.63, 3.8) is 0 Å². The minimum Gasteiger partial charge on any atom is -0.463 e. The Labute approximate surface area is 273 Å². The molecule has 0 aliphatic carbocycles. The predicted molar refractivity (Wildman–Crippen MR) is 173 cm³/mol. The smallest absolute Gasteiger partial charge is 0.284 e. The number of ketones is 1. The van der Waals surface area contributed by atoms with Crippen LogP contribution in [0, 0.1) is 19.8 Å². The minimum atomic E-state index is -0.777. The highest BCUT2D eigenvalue weighted by Crippen LogP contribution is 2.32. The molecule has 0 aromatic carbocycles. The van der Waals surface area contributed by atoms with E-state index in [0.29, 0.717) is 70.5 Å². The second-order valence-corrected chi connectivity index (χ2v) is 12.2. The molecule has 2 aliphatic heterocycles. The van der Waals surface area contributed by atoms with E-state index in [2.05, 4.69) is 56.6 Å². The highest BCUT2D eigenvalue weighted by atomic mass is 79.9. The zero-order chi connectivity index (χ0) is 32.5. The number of carbonyl (C=O) groups is 3. The zero-order valence-electron chi connectivity index (χ0n) is 25.8. The highest BCUT2D eigenvalue weighted by molar-refractivity contribution is 9.10. The van der Waals surface area contributed by atoms with Gasteiger partial charge in [-0.25, -0.2) is 19.9 Å². The summed E-state index contributed by atoms with van der Waals surface area (Å²) in [6, 6.07) is 4.78. The maximum absolute atomic E-state index is 14.1. The molecule has 46 heavy (non-hydrogen) atoms. The SMILES string of the molecule is CC(=O)c1nn(CC(=O)N2[C@H](C)[C@@H](CNC3=NCCO3)C[C@H]2C(=O)Nc2nc(Br)ccc2C)c2cnc(-c3cnc(C)nc3)cc12. The van der Waals surface area contributed by atoms with E-state index in [1.807, 2.05) is 19.9 Å². The average molecular weight is 690 g/mol. The molecule has 238 valence electrons. The van der Waals surface area contributed by atoms with Crippen molar-refractivity contribution in [1.82, 2.24) is 39.9 Å². The van der Waals surface area contributed by atoms with Crippen molar-refractivity contribution < 1.29 is 19.1 Å². The largest absolute Gasteiger partial charge is 0.463 e. The first kappa shape index (κ1) is 31.2. The normalized spacial score (nSPS) is 19.2. The number of Topliss-reactive ketones (excluding diaryl/α,β-unsaturated/α-hetero) is 1. The summed E-state index contributed by atoms with van der Waals surface area (Å²) in [4.78, 5) is 63.9. The number of pyridine rings is 2. The number of carbonyl (C=O) groups excluding carboxylic acids is 3. The molecule has 1 saturated heterocycles. The number of fused-ring (bicyclic) bond motifs is 1. The van der Waals surface area contributed by atoms with Crippen molar-refractivity contribution >= 4 is 56.3 Å². The molecule has 0 saturated carbocycles. The standard InChI is InChI=1S/C31H33BrN10O4/c1-16-5-6-26(32)38-29(16)39-30(45)24-9-20(11-37-31-33-7-8-46-31)17(2)42(24)27(44)15-41-25-14-36-23(21-12-34-19(4)35-13-21)10-22(25)28(40-41)18(3)43/h5-6,10,12-14,17,20,24H,7-9,11,15H2,1-4H3,(H,33,37)(H,38,39,45)/t17-,20-,24+/m1/s1. The van der Waals surface area contributed by atoms with Crippen LogP contribution in [-0.4, -0.2) is 90.0 Å². The number of hydrogen-bond acceptors (Lipinski definition) is 11. The minimum absolute atomic E-state index is 0.0775. The van der Waals surface area contributed by atoms with Crippen LogP contribution in [0.2, 0.25) is 0 Å². The number of anilines is 1. The van der Waals surface area contributed by atoms with Gasteiger partial charge in [-0.15, -0.1) is 0 Å². The maximum Gasteiger partial charge on any atom is 0.284 e. The second kappa shape index (κ2) is 12.9. The van der Waals surface area contributed by atoms with E-state index in [9.17, 15) is 14.4 Å². The van der Waals surface area contributed by atoms with Gasteiger partial charge in [-0.3, -0.25) is 24.0 Å². The van der Waals surface area contributed by atoms with Crippen molar-refractivity contribution in [1.29, 1.82) is 0 Å². The van der Waals surface area contributed by atoms with E-state index in [1.54, 1.807) is 42.5 Å². The Bertz CT molecular complexity index is 1860. The van der Waals surface area contributed by atoms with Crippen LogP contribution in [0.4, 0.5) is 5.82 Å². The lowest BCUT2D eigenvalue weighted by Crippen LogP contribution is -2.48. The summed E-state index contributed by atoms with van der Waals surface area (Å²) in [7, 11) is 0. The molecule has 0 spiro atoms. The van der Waals surface area contributed by atoms with Crippen molar-refractivity contribution in [3.05, 3.63) is 58.5 Å². The average Bonchev–Trinajstić information content (AvgIpc) is 3.76. The first-order valence-corrected chi connectivity index (χ1v) is 15.7. The Morgan fingerprint density at radius 3 is 2.61 bits per heavy atom. The quantitative estimate of drug-likeness (QED) is 0.207. The van der Waals surface area contributed by atoms with E-state index < -0.39 is 6.04 Å². The molecule has 2 amide bonds. The number of aromatic nitrogens is 6. The van der Waals surface area contributed by atoms with Crippen molar-refractivity contribution in [3.8, 4) is 11.3 Å². The van der Waals surface area contributed by atoms with Gasteiger partial charge in [-0.1, -0.05) is 6.07 Å². The fourth-order valence-corrected chi connectivity index (χ4v) is 6.14. The number of hydrogen-bond donors (Lipinski definition) is 2. The maximum atomic E-state index is 14.1. The topological polar surface area (TPSA) is 169 Å². The monoisotopic (exact) mass is 688 g/mol. The lowest BCUT2D eigenvalue weighted by Gasteiger charge is -2.29. The number of nitrogens with zero attached hydrogens (tertiary/aromatic N) is 8. The van der Waals surface area contributed by atoms with Gasteiger partial charge in [0, 0.05) is 42.9 Å². The molecule has 2 N–H and O–H groups in total. The summed E-state index contributed by atoms with van der Waals surface area (Å²) in [5.74, 6) is 0.0584. The third kappa shape index (κ3) is 6.32. The fourth-order valence-electron chi connectivity index (χ4n) is 5.83. The molecule has 1 fully saturated rings. The number of halogens is 1. The summed E-state index contributed by atoms with van der Waals surface area (Å²) >= 11 is 3.36. The summed E-state index contributed by atoms with van der Waals surface area (Å²) in [5.41, 5.74) is 2.80. The molecule has 0 radical (unpaired) electrons. The molecule has 3 atom stereocenters. The van der Waals surface area contributed by atoms with Crippen molar-refractivity contribution in [2.75, 3.05) is 25.0 Å². The fraction of sp³-hybridized carbons (Fsp3) is 0.387. The Morgan fingerprint density at radius 1 is 1.11 bits per heavy atom. The molecule has 0 bridgehead atoms. The lowest BCUT2D eigenvalue weighted by atomic mass is 10.00. The van der Waals surface area contributed by atoms with Crippen LogP contribution in [0.3, 0.4) is 0 Å². The van der Waals surface area contributed by atoms with Gasteiger partial charge in [0.1, 0.15) is 41.1 Å². The van der Waals surface area contributed by atoms with Crippen molar-refractivity contribution in [2.45, 2.75) is 52.7 Å². The van der Waals surface area contributed by atoms with Gasteiger partial charge < -0.3 is 20.3 Å². The van der Waals surface area contributed by atoms with E-state index in [1.165, 1.54) is 11.6 Å². The summed E-state index contributed by atoms with van der Waals surface area (Å²) in [6.07, 6.45) is 5.33. The first-order valence-electron chi connectivity index (χ1n) is 14.9. The number of ether oxygens (including phenoxy) is 1. The first-order chi connectivity index (χ1) is 22.1. The van der Waals surface area contributed by atoms with Crippen LogP contribution in [0.1, 0.15) is 42.1 Å². The molecular weight excluding hydrogens is 656 g/mol. The van der Waals surface area contributed by atoms with Crippen LogP contribution >= 0.6 is 15.9 Å². The molecule has 14 nitrogen and oxygen atoms in total. The van der Waals surface area contributed by atoms with E-state index in [0.717, 1.165) is 5.56 Å². The molecule has 4 aromatic rings. The Morgan fingerprint density at radius 2 is 1.89 bits per heavy atom. The highest BCUT2D eigenvalue weighted by Gasteiger charge is 2.45. The molecule has 0 unspecified atom stereocenters. The van der Waals surface area contributed by atoms with Crippen LogP contribution in [-0.2, 0) is 20.9 Å². The lowest BCUT2D eigenvalue weighted by molar-refractivity contribution is -0.139. The van der Waals surface area contributed by atoms with Gasteiger partial charge in [-0.2, -0.15) is 5.10 Å². The molecule has 4 aromatic heterocycles. The molecule has 15 heteroatoms. The molecule has 2 aliphatic rings.